The van der Waals surface area contributed by atoms with E-state index in [1.54, 1.807) is 0 Å². The maximum Gasteiger partial charge on any atom is 0.109 e. The van der Waals surface area contributed by atoms with Crippen LogP contribution in [0.15, 0.2) is 30.3 Å². The molecule has 2 nitrogen and oxygen atoms in total. The van der Waals surface area contributed by atoms with Crippen LogP contribution in [0.5, 0.6) is 0 Å². The zero-order valence-electron chi connectivity index (χ0n) is 12.8. The summed E-state index contributed by atoms with van der Waals surface area (Å²) in [6, 6.07) is 13.2. The molecule has 0 aliphatic carbocycles. The van der Waals surface area contributed by atoms with Crippen molar-refractivity contribution in [3.8, 4) is 6.07 Å². The highest BCUT2D eigenvalue weighted by Crippen LogP contribution is 2.34. The Morgan fingerprint density at radius 3 is 2.65 bits per heavy atom. The average Bonchev–Trinajstić information content (AvgIpc) is 2.48. The highest BCUT2D eigenvalue weighted by atomic mass is 15.2. The lowest BCUT2D eigenvalue weighted by Crippen LogP contribution is -2.50. The monoisotopic (exact) mass is 270 g/mol. The van der Waals surface area contributed by atoms with Crippen molar-refractivity contribution in [2.75, 3.05) is 6.54 Å². The topological polar surface area (TPSA) is 27.0 Å². The Labute approximate surface area is 123 Å². The van der Waals surface area contributed by atoms with Gasteiger partial charge in [0, 0.05) is 13.1 Å². The minimum Gasteiger partial charge on any atom is -0.281 e. The van der Waals surface area contributed by atoms with Crippen molar-refractivity contribution >= 4 is 0 Å². The molecule has 1 heterocycles. The molecule has 1 aromatic rings. The molecule has 2 rings (SSSR count). The van der Waals surface area contributed by atoms with Crippen LogP contribution in [-0.4, -0.2) is 17.0 Å². The van der Waals surface area contributed by atoms with E-state index in [0.29, 0.717) is 5.92 Å². The van der Waals surface area contributed by atoms with Gasteiger partial charge in [0.1, 0.15) is 5.54 Å². The van der Waals surface area contributed by atoms with Gasteiger partial charge in [-0.05, 0) is 43.6 Å². The molecule has 1 aromatic carbocycles. The maximum atomic E-state index is 9.81. The van der Waals surface area contributed by atoms with Crippen LogP contribution in [0.2, 0.25) is 0 Å². The summed E-state index contributed by atoms with van der Waals surface area (Å²) in [5, 5.41) is 9.81. The SMILES string of the molecule is CC(C)CCC1(C#N)CCCCN1Cc1ccccc1. The van der Waals surface area contributed by atoms with Crippen LogP contribution in [0.3, 0.4) is 0 Å². The summed E-state index contributed by atoms with van der Waals surface area (Å²) in [7, 11) is 0. The van der Waals surface area contributed by atoms with Crippen molar-refractivity contribution in [2.24, 2.45) is 5.92 Å². The van der Waals surface area contributed by atoms with E-state index in [4.69, 9.17) is 0 Å². The van der Waals surface area contributed by atoms with Gasteiger partial charge >= 0.3 is 0 Å². The number of nitrogens with zero attached hydrogens (tertiary/aromatic N) is 2. The maximum absolute atomic E-state index is 9.81. The molecule has 0 bridgehead atoms. The molecule has 1 aliphatic rings. The molecule has 2 heteroatoms. The number of nitriles is 1. The smallest absolute Gasteiger partial charge is 0.109 e. The molecule has 20 heavy (non-hydrogen) atoms. The number of hydrogen-bond donors (Lipinski definition) is 0. The largest absolute Gasteiger partial charge is 0.281 e. The summed E-state index contributed by atoms with van der Waals surface area (Å²) in [6.07, 6.45) is 5.59. The van der Waals surface area contributed by atoms with E-state index in [1.165, 1.54) is 18.4 Å². The molecule has 0 aromatic heterocycles. The van der Waals surface area contributed by atoms with Gasteiger partial charge in [-0.1, -0.05) is 44.2 Å². The Balaban J connectivity index is 2.12. The quantitative estimate of drug-likeness (QED) is 0.794. The van der Waals surface area contributed by atoms with Gasteiger partial charge < -0.3 is 0 Å². The molecule has 1 atom stereocenters. The Kier molecular flexibility index (Phi) is 5.20. The lowest BCUT2D eigenvalue weighted by molar-refractivity contribution is 0.0717. The fraction of sp³-hybridized carbons (Fsp3) is 0.611. The first-order valence-electron chi connectivity index (χ1n) is 7.86. The normalized spacial score (nSPS) is 23.7. The molecule has 1 aliphatic heterocycles. The molecule has 0 radical (unpaired) electrons. The van der Waals surface area contributed by atoms with Crippen LogP contribution >= 0.6 is 0 Å². The predicted octanol–water partition coefficient (Wildman–Crippen LogP) is 4.37. The van der Waals surface area contributed by atoms with E-state index in [0.717, 1.165) is 32.4 Å². The summed E-state index contributed by atoms with van der Waals surface area (Å²) in [5.74, 6) is 0.667. The van der Waals surface area contributed by atoms with E-state index in [-0.39, 0.29) is 5.54 Å². The minimum atomic E-state index is -0.238. The summed E-state index contributed by atoms with van der Waals surface area (Å²) >= 11 is 0. The fourth-order valence-electron chi connectivity index (χ4n) is 3.12. The first-order chi connectivity index (χ1) is 9.66. The highest BCUT2D eigenvalue weighted by molar-refractivity contribution is 5.17. The first-order valence-corrected chi connectivity index (χ1v) is 7.86. The predicted molar refractivity (Wildman–Crippen MR) is 83.1 cm³/mol. The molecule has 1 saturated heterocycles. The number of likely N-dealkylation sites (tertiary alicyclic amines) is 1. The van der Waals surface area contributed by atoms with Crippen molar-refractivity contribution in [3.63, 3.8) is 0 Å². The second-order valence-corrected chi connectivity index (χ2v) is 6.44. The van der Waals surface area contributed by atoms with E-state index in [9.17, 15) is 5.26 Å². The number of benzene rings is 1. The lowest BCUT2D eigenvalue weighted by Gasteiger charge is -2.43. The van der Waals surface area contributed by atoms with Gasteiger partial charge in [0.15, 0.2) is 0 Å². The van der Waals surface area contributed by atoms with Crippen molar-refractivity contribution in [1.82, 2.24) is 4.90 Å². The number of piperidine rings is 1. The number of rotatable bonds is 5. The van der Waals surface area contributed by atoms with Gasteiger partial charge in [-0.25, -0.2) is 0 Å². The molecule has 0 spiro atoms. The van der Waals surface area contributed by atoms with Gasteiger partial charge in [0.25, 0.3) is 0 Å². The lowest BCUT2D eigenvalue weighted by atomic mass is 9.82. The second-order valence-electron chi connectivity index (χ2n) is 6.44. The molecular weight excluding hydrogens is 244 g/mol. The van der Waals surface area contributed by atoms with E-state index < -0.39 is 0 Å². The van der Waals surface area contributed by atoms with Gasteiger partial charge in [-0.15, -0.1) is 0 Å². The van der Waals surface area contributed by atoms with Crippen LogP contribution in [-0.2, 0) is 6.54 Å². The van der Waals surface area contributed by atoms with Crippen LogP contribution in [0.1, 0.15) is 51.5 Å². The van der Waals surface area contributed by atoms with E-state index in [2.05, 4.69) is 55.1 Å². The van der Waals surface area contributed by atoms with Gasteiger partial charge in [-0.3, -0.25) is 4.90 Å². The third-order valence-corrected chi connectivity index (χ3v) is 4.43. The van der Waals surface area contributed by atoms with Crippen molar-refractivity contribution in [3.05, 3.63) is 35.9 Å². The van der Waals surface area contributed by atoms with Crippen LogP contribution in [0.4, 0.5) is 0 Å². The van der Waals surface area contributed by atoms with Crippen LogP contribution in [0.25, 0.3) is 0 Å². The minimum absolute atomic E-state index is 0.238. The number of hydrogen-bond acceptors (Lipinski definition) is 2. The molecule has 0 N–H and O–H groups in total. The average molecular weight is 270 g/mol. The molecule has 1 fully saturated rings. The summed E-state index contributed by atoms with van der Waals surface area (Å²) in [6.45, 7) is 6.46. The third-order valence-electron chi connectivity index (χ3n) is 4.43. The molecule has 108 valence electrons. The van der Waals surface area contributed by atoms with Crippen molar-refractivity contribution in [1.29, 1.82) is 5.26 Å². The molecule has 1 unspecified atom stereocenters. The zero-order valence-corrected chi connectivity index (χ0v) is 12.8. The van der Waals surface area contributed by atoms with Gasteiger partial charge in [0.05, 0.1) is 6.07 Å². The van der Waals surface area contributed by atoms with E-state index in [1.807, 2.05) is 0 Å². The second kappa shape index (κ2) is 6.90. The Morgan fingerprint density at radius 1 is 1.25 bits per heavy atom. The molecule has 0 amide bonds. The molecule has 0 saturated carbocycles. The third kappa shape index (κ3) is 3.61. The standard InChI is InChI=1S/C18H26N2/c1-16(2)10-12-18(15-19)11-6-7-13-20(18)14-17-8-4-3-5-9-17/h3-5,8-9,16H,6-7,10-14H2,1-2H3. The zero-order chi connectivity index (χ0) is 14.4. The van der Waals surface area contributed by atoms with Crippen LogP contribution < -0.4 is 0 Å². The Morgan fingerprint density at radius 2 is 2.00 bits per heavy atom. The van der Waals surface area contributed by atoms with Crippen molar-refractivity contribution < 1.29 is 0 Å². The van der Waals surface area contributed by atoms with Crippen LogP contribution in [0, 0.1) is 17.2 Å². The van der Waals surface area contributed by atoms with Gasteiger partial charge in [0.2, 0.25) is 0 Å². The fourth-order valence-corrected chi connectivity index (χ4v) is 3.12. The summed E-state index contributed by atoms with van der Waals surface area (Å²) in [5.41, 5.74) is 1.08. The summed E-state index contributed by atoms with van der Waals surface area (Å²) < 4.78 is 0. The Hall–Kier alpha value is -1.33. The first kappa shape index (κ1) is 15.1. The molecular formula is C18H26N2. The van der Waals surface area contributed by atoms with Gasteiger partial charge in [-0.2, -0.15) is 5.26 Å². The Bertz CT molecular complexity index is 446. The van der Waals surface area contributed by atoms with Crippen molar-refractivity contribution in [2.45, 2.75) is 58.0 Å². The summed E-state index contributed by atoms with van der Waals surface area (Å²) in [4.78, 5) is 2.42. The van der Waals surface area contributed by atoms with E-state index >= 15 is 0 Å². The highest BCUT2D eigenvalue weighted by Gasteiger charge is 2.38.